The molecule has 0 spiro atoms. The van der Waals surface area contributed by atoms with Crippen LogP contribution in [0, 0.1) is 0 Å². The summed E-state index contributed by atoms with van der Waals surface area (Å²) < 4.78 is 5.11. The van der Waals surface area contributed by atoms with Gasteiger partial charge in [0.2, 0.25) is 5.89 Å². The van der Waals surface area contributed by atoms with Crippen LogP contribution in [0.4, 0.5) is 0 Å². The van der Waals surface area contributed by atoms with E-state index in [4.69, 9.17) is 10.3 Å². The van der Waals surface area contributed by atoms with Crippen LogP contribution in [0.25, 0.3) is 0 Å². The van der Waals surface area contributed by atoms with E-state index in [0.29, 0.717) is 11.8 Å². The van der Waals surface area contributed by atoms with Gasteiger partial charge in [-0.05, 0) is 25.7 Å². The topological polar surface area (TPSA) is 64.9 Å². The molecule has 1 aromatic heterocycles. The van der Waals surface area contributed by atoms with Crippen LogP contribution in [0.1, 0.15) is 43.3 Å². The Morgan fingerprint density at radius 1 is 1.38 bits per heavy atom. The number of rotatable bonds is 2. The highest BCUT2D eigenvalue weighted by atomic mass is 35.5. The second-order valence-corrected chi connectivity index (χ2v) is 3.89. The van der Waals surface area contributed by atoms with Crippen molar-refractivity contribution in [3.63, 3.8) is 0 Å². The number of aromatic nitrogens is 2. The average molecular weight is 202 g/mol. The van der Waals surface area contributed by atoms with E-state index < -0.39 is 0 Å². The minimum atomic E-state index is -0.264. The Bertz CT molecular complexity index is 317. The Kier molecular flexibility index (Phi) is 1.85. The zero-order valence-electron chi connectivity index (χ0n) is 7.19. The Morgan fingerprint density at radius 2 is 2.08 bits per heavy atom. The van der Waals surface area contributed by atoms with Gasteiger partial charge in [-0.25, -0.2) is 0 Å². The molecule has 0 amide bonds. The van der Waals surface area contributed by atoms with Crippen molar-refractivity contribution < 1.29 is 4.52 Å². The highest BCUT2D eigenvalue weighted by Gasteiger charge is 2.46. The van der Waals surface area contributed by atoms with Gasteiger partial charge in [0.1, 0.15) is 0 Å². The van der Waals surface area contributed by atoms with Gasteiger partial charge in [0, 0.05) is 5.92 Å². The molecule has 4 nitrogen and oxygen atoms in total. The van der Waals surface area contributed by atoms with Crippen molar-refractivity contribution in [2.45, 2.75) is 37.1 Å². The normalized spacial score (nSPS) is 23.8. The van der Waals surface area contributed by atoms with E-state index in [1.807, 2.05) is 0 Å². The molecular formula is C8H12ClN3O. The van der Waals surface area contributed by atoms with E-state index in [9.17, 15) is 0 Å². The van der Waals surface area contributed by atoms with Gasteiger partial charge in [-0.1, -0.05) is 5.16 Å². The molecule has 0 atom stereocenters. The summed E-state index contributed by atoms with van der Waals surface area (Å²) in [5.74, 6) is 2.07. The van der Waals surface area contributed by atoms with E-state index >= 15 is 0 Å². The van der Waals surface area contributed by atoms with Gasteiger partial charge in [0.15, 0.2) is 5.82 Å². The van der Waals surface area contributed by atoms with E-state index in [0.717, 1.165) is 18.7 Å². The van der Waals surface area contributed by atoms with E-state index in [2.05, 4.69) is 10.1 Å². The summed E-state index contributed by atoms with van der Waals surface area (Å²) in [5.41, 5.74) is 5.64. The molecule has 0 unspecified atom stereocenters. The lowest BCUT2D eigenvalue weighted by Gasteiger charge is -1.97. The summed E-state index contributed by atoms with van der Waals surface area (Å²) in [6.07, 6.45) is 4.38. The Hall–Kier alpha value is -0.610. The largest absolute Gasteiger partial charge is 0.337 e. The quantitative estimate of drug-likeness (QED) is 0.784. The van der Waals surface area contributed by atoms with Crippen LogP contribution in [0.3, 0.4) is 0 Å². The predicted molar refractivity (Wildman–Crippen MR) is 48.6 cm³/mol. The van der Waals surface area contributed by atoms with Crippen LogP contribution in [0.5, 0.6) is 0 Å². The smallest absolute Gasteiger partial charge is 0.246 e. The van der Waals surface area contributed by atoms with E-state index in [-0.39, 0.29) is 17.9 Å². The molecular weight excluding hydrogens is 190 g/mol. The van der Waals surface area contributed by atoms with Crippen molar-refractivity contribution in [2.75, 3.05) is 0 Å². The molecule has 1 heterocycles. The first-order valence-electron chi connectivity index (χ1n) is 4.41. The number of halogens is 1. The minimum Gasteiger partial charge on any atom is -0.337 e. The second kappa shape index (κ2) is 2.69. The summed E-state index contributed by atoms with van der Waals surface area (Å²) in [5, 5.41) is 3.92. The zero-order valence-corrected chi connectivity index (χ0v) is 8.01. The molecule has 0 aliphatic heterocycles. The average Bonchev–Trinajstić information content (AvgIpc) is 2.97. The monoisotopic (exact) mass is 201 g/mol. The van der Waals surface area contributed by atoms with Gasteiger partial charge >= 0.3 is 0 Å². The van der Waals surface area contributed by atoms with Gasteiger partial charge in [-0.2, -0.15) is 4.98 Å². The molecule has 3 rings (SSSR count). The fraction of sp³-hybridized carbons (Fsp3) is 0.750. The molecule has 0 bridgehead atoms. The van der Waals surface area contributed by atoms with Gasteiger partial charge in [0.05, 0.1) is 5.54 Å². The van der Waals surface area contributed by atoms with Crippen LogP contribution in [0.15, 0.2) is 4.52 Å². The fourth-order valence-corrected chi connectivity index (χ4v) is 1.29. The van der Waals surface area contributed by atoms with Crippen molar-refractivity contribution >= 4 is 12.4 Å². The molecule has 0 aromatic carbocycles. The lowest BCUT2D eigenvalue weighted by Crippen LogP contribution is -2.19. The van der Waals surface area contributed by atoms with Crippen molar-refractivity contribution in [2.24, 2.45) is 5.73 Å². The van der Waals surface area contributed by atoms with Crippen molar-refractivity contribution in [1.82, 2.24) is 10.1 Å². The third kappa shape index (κ3) is 1.44. The molecule has 2 aliphatic rings. The molecule has 1 aromatic rings. The number of hydrogen-bond acceptors (Lipinski definition) is 4. The lowest BCUT2D eigenvalue weighted by atomic mass is 10.3. The summed E-state index contributed by atoms with van der Waals surface area (Å²) in [6, 6.07) is 0. The maximum atomic E-state index is 5.91. The van der Waals surface area contributed by atoms with E-state index in [1.165, 1.54) is 12.8 Å². The minimum absolute atomic E-state index is 0. The van der Waals surface area contributed by atoms with Crippen LogP contribution in [-0.4, -0.2) is 10.1 Å². The Morgan fingerprint density at radius 3 is 2.62 bits per heavy atom. The molecule has 2 N–H and O–H groups in total. The van der Waals surface area contributed by atoms with Gasteiger partial charge < -0.3 is 10.3 Å². The molecule has 13 heavy (non-hydrogen) atoms. The van der Waals surface area contributed by atoms with Crippen LogP contribution in [-0.2, 0) is 5.54 Å². The summed E-state index contributed by atoms with van der Waals surface area (Å²) in [4.78, 5) is 4.30. The second-order valence-electron chi connectivity index (χ2n) is 3.89. The maximum absolute atomic E-state index is 5.91. The number of hydrogen-bond donors (Lipinski definition) is 1. The van der Waals surface area contributed by atoms with Crippen molar-refractivity contribution in [1.29, 1.82) is 0 Å². The number of nitrogens with two attached hydrogens (primary N) is 1. The molecule has 5 heteroatoms. The molecule has 2 fully saturated rings. The van der Waals surface area contributed by atoms with E-state index in [1.54, 1.807) is 0 Å². The molecule has 2 aliphatic carbocycles. The van der Waals surface area contributed by atoms with Crippen molar-refractivity contribution in [3.05, 3.63) is 11.7 Å². The predicted octanol–water partition coefficient (Wildman–Crippen LogP) is 1.32. The molecule has 72 valence electrons. The van der Waals surface area contributed by atoms with Gasteiger partial charge in [-0.15, -0.1) is 12.4 Å². The van der Waals surface area contributed by atoms with Crippen LogP contribution in [0.2, 0.25) is 0 Å². The zero-order chi connectivity index (χ0) is 8.18. The number of nitrogens with zero attached hydrogens (tertiary/aromatic N) is 2. The van der Waals surface area contributed by atoms with Gasteiger partial charge in [-0.3, -0.25) is 0 Å². The molecule has 0 radical (unpaired) electrons. The summed E-state index contributed by atoms with van der Waals surface area (Å²) >= 11 is 0. The molecule has 0 saturated heterocycles. The third-order valence-corrected chi connectivity index (χ3v) is 2.60. The van der Waals surface area contributed by atoms with Gasteiger partial charge in [0.25, 0.3) is 0 Å². The van der Waals surface area contributed by atoms with Crippen LogP contribution < -0.4 is 5.73 Å². The lowest BCUT2D eigenvalue weighted by molar-refractivity contribution is 0.344. The summed E-state index contributed by atoms with van der Waals surface area (Å²) in [6.45, 7) is 0. The Labute approximate surface area is 82.3 Å². The van der Waals surface area contributed by atoms with Crippen molar-refractivity contribution in [3.8, 4) is 0 Å². The highest BCUT2D eigenvalue weighted by Crippen LogP contribution is 2.44. The highest BCUT2D eigenvalue weighted by molar-refractivity contribution is 5.85. The standard InChI is InChI=1S/C8H11N3O.ClH/c9-8(3-4-8)7-10-6(11-12-7)5-1-2-5;/h5H,1-4,9H2;1H. The maximum Gasteiger partial charge on any atom is 0.246 e. The molecule has 2 saturated carbocycles. The SMILES string of the molecule is Cl.NC1(c2nc(C3CC3)no2)CC1. The van der Waals surface area contributed by atoms with Crippen LogP contribution >= 0.6 is 12.4 Å². The first-order chi connectivity index (χ1) is 5.78. The first-order valence-corrected chi connectivity index (χ1v) is 4.41. The third-order valence-electron chi connectivity index (χ3n) is 2.60. The first kappa shape index (κ1) is 8.97. The summed E-state index contributed by atoms with van der Waals surface area (Å²) in [7, 11) is 0. The fourth-order valence-electron chi connectivity index (χ4n) is 1.29. The Balaban J connectivity index is 0.000000653.